The molecule has 5 N–H and O–H groups in total. The number of fused-ring (bicyclic) bond motifs is 1. The molecule has 0 aliphatic heterocycles. The number of hydrogen-bond acceptors (Lipinski definition) is 4. The van der Waals surface area contributed by atoms with Gasteiger partial charge in [-0.3, -0.25) is 19.4 Å². The van der Waals surface area contributed by atoms with Crippen LogP contribution in [-0.2, 0) is 15.8 Å². The first-order valence-corrected chi connectivity index (χ1v) is 10.7. The number of carbonyl (C=O) groups is 3. The van der Waals surface area contributed by atoms with Crippen molar-refractivity contribution in [2.45, 2.75) is 37.5 Å². The van der Waals surface area contributed by atoms with Gasteiger partial charge in [-0.2, -0.15) is 13.2 Å². The van der Waals surface area contributed by atoms with Crippen LogP contribution in [0.4, 0.5) is 17.6 Å². The summed E-state index contributed by atoms with van der Waals surface area (Å²) in [5.74, 6) is -3.25. The largest absolute Gasteiger partial charge is 0.416 e. The number of alkyl halides is 3. The molecule has 8 nitrogen and oxygen atoms in total. The van der Waals surface area contributed by atoms with Gasteiger partial charge in [-0.05, 0) is 30.5 Å². The summed E-state index contributed by atoms with van der Waals surface area (Å²) in [5.41, 5.74) is 3.65. The van der Waals surface area contributed by atoms with Crippen molar-refractivity contribution in [1.82, 2.24) is 20.6 Å². The van der Waals surface area contributed by atoms with E-state index in [0.717, 1.165) is 25.2 Å². The van der Waals surface area contributed by atoms with Crippen LogP contribution in [0.25, 0.3) is 10.9 Å². The minimum atomic E-state index is -4.82. The monoisotopic (exact) mass is 491 g/mol. The molecule has 1 unspecified atom stereocenters. The second-order valence-electron chi connectivity index (χ2n) is 8.40. The third kappa shape index (κ3) is 5.42. The Hall–Kier alpha value is -3.96. The maximum atomic E-state index is 14.0. The molecular formula is C23H21F4N5O3. The van der Waals surface area contributed by atoms with Crippen molar-refractivity contribution < 1.29 is 31.9 Å². The van der Waals surface area contributed by atoms with Crippen LogP contribution in [0.15, 0.2) is 42.7 Å². The van der Waals surface area contributed by atoms with Gasteiger partial charge < -0.3 is 21.4 Å². The van der Waals surface area contributed by atoms with E-state index in [1.54, 1.807) is 6.07 Å². The van der Waals surface area contributed by atoms with E-state index in [1.807, 2.05) is 0 Å². The van der Waals surface area contributed by atoms with Crippen molar-refractivity contribution in [2.75, 3.05) is 0 Å². The lowest BCUT2D eigenvalue weighted by atomic mass is 10.0. The number of H-pyrrole nitrogens is 1. The molecule has 0 saturated heterocycles. The first-order chi connectivity index (χ1) is 16.5. The van der Waals surface area contributed by atoms with Crippen molar-refractivity contribution in [3.8, 4) is 0 Å². The average Bonchev–Trinajstić information content (AvgIpc) is 3.50. The summed E-state index contributed by atoms with van der Waals surface area (Å²) in [6.07, 6.45) is -1.26. The zero-order valence-corrected chi connectivity index (χ0v) is 18.2. The summed E-state index contributed by atoms with van der Waals surface area (Å²) in [6.45, 7) is 0. The van der Waals surface area contributed by atoms with Gasteiger partial charge in [0.25, 0.3) is 5.91 Å². The molecule has 0 spiro atoms. The molecule has 0 bridgehead atoms. The number of amides is 3. The molecule has 1 aliphatic rings. The van der Waals surface area contributed by atoms with Crippen LogP contribution in [0.3, 0.4) is 0 Å². The molecule has 0 radical (unpaired) electrons. The van der Waals surface area contributed by atoms with Crippen molar-refractivity contribution >= 4 is 28.6 Å². The van der Waals surface area contributed by atoms with Gasteiger partial charge in [0.2, 0.25) is 11.8 Å². The molecule has 35 heavy (non-hydrogen) atoms. The summed E-state index contributed by atoms with van der Waals surface area (Å²) in [6, 6.07) is 3.40. The van der Waals surface area contributed by atoms with Crippen molar-refractivity contribution in [1.29, 1.82) is 0 Å². The predicted octanol–water partition coefficient (Wildman–Crippen LogP) is 2.96. The van der Waals surface area contributed by atoms with Crippen LogP contribution in [0.1, 0.15) is 46.9 Å². The summed E-state index contributed by atoms with van der Waals surface area (Å²) in [5, 5.41) is 5.21. The van der Waals surface area contributed by atoms with E-state index in [2.05, 4.69) is 20.6 Å². The SMILES string of the molecule is NC(=O)C(NC(=O)[C@H](CC1CC1)NC(=O)c1cc2cccc(F)c2[nH]1)c1cnccc1C(F)(F)F. The van der Waals surface area contributed by atoms with Crippen LogP contribution in [0.2, 0.25) is 0 Å². The third-order valence-corrected chi connectivity index (χ3v) is 5.78. The molecule has 1 fully saturated rings. The van der Waals surface area contributed by atoms with E-state index in [4.69, 9.17) is 5.73 Å². The summed E-state index contributed by atoms with van der Waals surface area (Å²) in [4.78, 5) is 44.2. The number of hydrogen-bond donors (Lipinski definition) is 4. The van der Waals surface area contributed by atoms with Crippen molar-refractivity contribution in [3.63, 3.8) is 0 Å². The van der Waals surface area contributed by atoms with Gasteiger partial charge in [0.1, 0.15) is 23.6 Å². The van der Waals surface area contributed by atoms with Crippen LogP contribution in [0.5, 0.6) is 0 Å². The average molecular weight is 491 g/mol. The molecule has 2 heterocycles. The smallest absolute Gasteiger partial charge is 0.368 e. The number of aromatic amines is 1. The van der Waals surface area contributed by atoms with Gasteiger partial charge in [0, 0.05) is 23.3 Å². The Kier molecular flexibility index (Phi) is 6.46. The van der Waals surface area contributed by atoms with E-state index in [0.29, 0.717) is 11.5 Å². The minimum absolute atomic E-state index is 0.00300. The highest BCUT2D eigenvalue weighted by atomic mass is 19.4. The van der Waals surface area contributed by atoms with Crippen LogP contribution in [0, 0.1) is 11.7 Å². The summed E-state index contributed by atoms with van der Waals surface area (Å²) >= 11 is 0. The van der Waals surface area contributed by atoms with Crippen molar-refractivity contribution in [2.24, 2.45) is 11.7 Å². The molecule has 4 rings (SSSR count). The number of nitrogens with one attached hydrogen (secondary N) is 3. The van der Waals surface area contributed by atoms with Gasteiger partial charge in [-0.25, -0.2) is 4.39 Å². The Morgan fingerprint density at radius 3 is 2.54 bits per heavy atom. The predicted molar refractivity (Wildman–Crippen MR) is 116 cm³/mol. The molecule has 2 aromatic heterocycles. The fourth-order valence-corrected chi connectivity index (χ4v) is 3.84. The number of halogens is 4. The molecule has 3 aromatic rings. The molecule has 1 aromatic carbocycles. The van der Waals surface area contributed by atoms with Gasteiger partial charge in [-0.15, -0.1) is 0 Å². The quantitative estimate of drug-likeness (QED) is 0.361. The van der Waals surface area contributed by atoms with Crippen LogP contribution in [-0.4, -0.2) is 33.7 Å². The number of para-hydroxylation sites is 1. The molecule has 2 atom stereocenters. The van der Waals surface area contributed by atoms with Crippen LogP contribution < -0.4 is 16.4 Å². The lowest BCUT2D eigenvalue weighted by Crippen LogP contribution is -2.50. The molecular weight excluding hydrogens is 470 g/mol. The lowest BCUT2D eigenvalue weighted by molar-refractivity contribution is -0.139. The van der Waals surface area contributed by atoms with Gasteiger partial charge in [-0.1, -0.05) is 25.0 Å². The van der Waals surface area contributed by atoms with Gasteiger partial charge in [0.15, 0.2) is 0 Å². The van der Waals surface area contributed by atoms with Crippen molar-refractivity contribution in [3.05, 3.63) is 65.4 Å². The Balaban J connectivity index is 1.57. The number of benzene rings is 1. The summed E-state index contributed by atoms with van der Waals surface area (Å²) < 4.78 is 54.3. The number of nitrogens with two attached hydrogens (primary N) is 1. The normalized spacial score (nSPS) is 15.4. The van der Waals surface area contributed by atoms with E-state index in [-0.39, 0.29) is 23.5 Å². The number of aromatic nitrogens is 2. The number of nitrogens with zero attached hydrogens (tertiary/aromatic N) is 1. The van der Waals surface area contributed by atoms with Crippen LogP contribution >= 0.6 is 0 Å². The molecule has 1 aliphatic carbocycles. The van der Waals surface area contributed by atoms with Gasteiger partial charge >= 0.3 is 6.18 Å². The van der Waals surface area contributed by atoms with E-state index in [9.17, 15) is 31.9 Å². The second-order valence-corrected chi connectivity index (χ2v) is 8.40. The molecule has 1 saturated carbocycles. The van der Waals surface area contributed by atoms with E-state index < -0.39 is 52.9 Å². The Bertz CT molecular complexity index is 1290. The van der Waals surface area contributed by atoms with E-state index in [1.165, 1.54) is 18.2 Å². The Labute approximate surface area is 196 Å². The highest BCUT2D eigenvalue weighted by molar-refractivity contribution is 6.00. The first-order valence-electron chi connectivity index (χ1n) is 10.7. The Morgan fingerprint density at radius 1 is 1.17 bits per heavy atom. The molecule has 184 valence electrons. The molecule has 12 heteroatoms. The summed E-state index contributed by atoms with van der Waals surface area (Å²) in [7, 11) is 0. The fourth-order valence-electron chi connectivity index (χ4n) is 3.84. The minimum Gasteiger partial charge on any atom is -0.368 e. The Morgan fingerprint density at radius 2 is 1.91 bits per heavy atom. The standard InChI is InChI=1S/C23H21F4N5O3/c24-15-3-1-2-12-9-17(30-18(12)15)21(34)31-16(8-11-4-5-11)22(35)32-19(20(28)33)13-10-29-7-6-14(13)23(25,26)27/h1-3,6-7,9-11,16,19,30H,4-5,8H2,(H2,28,33)(H,31,34)(H,32,35)/t16-,19?/m0/s1. The topological polar surface area (TPSA) is 130 Å². The highest BCUT2D eigenvalue weighted by Crippen LogP contribution is 2.35. The second kappa shape index (κ2) is 9.35. The maximum Gasteiger partial charge on any atom is 0.416 e. The number of rotatable bonds is 8. The third-order valence-electron chi connectivity index (χ3n) is 5.78. The van der Waals surface area contributed by atoms with Gasteiger partial charge in [0.05, 0.1) is 11.1 Å². The maximum absolute atomic E-state index is 14.0. The molecule has 3 amide bonds. The van der Waals surface area contributed by atoms with E-state index >= 15 is 0 Å². The number of primary amides is 1. The lowest BCUT2D eigenvalue weighted by Gasteiger charge is -2.23. The first kappa shape index (κ1) is 24.2. The number of pyridine rings is 1. The number of carbonyl (C=O) groups excluding carboxylic acids is 3. The highest BCUT2D eigenvalue weighted by Gasteiger charge is 2.38. The zero-order chi connectivity index (χ0) is 25.3. The zero-order valence-electron chi connectivity index (χ0n) is 18.2. The fraction of sp³-hybridized carbons (Fsp3) is 0.304.